The fraction of sp³-hybridized carbons (Fsp3) is 0.857. The third kappa shape index (κ3) is 1.66. The van der Waals surface area contributed by atoms with Gasteiger partial charge in [-0.15, -0.1) is 0 Å². The van der Waals surface area contributed by atoms with Crippen molar-refractivity contribution in [2.24, 2.45) is 17.3 Å². The Kier molecular flexibility index (Phi) is 2.61. The van der Waals surface area contributed by atoms with E-state index in [-0.39, 0.29) is 5.91 Å². The fourth-order valence-corrected chi connectivity index (χ4v) is 4.06. The second-order valence-electron chi connectivity index (χ2n) is 6.06. The lowest BCUT2D eigenvalue weighted by molar-refractivity contribution is -0.138. The minimum atomic E-state index is -0.654. The molecule has 0 aromatic rings. The van der Waals surface area contributed by atoms with Gasteiger partial charge < -0.3 is 4.90 Å². The molecule has 3 heteroatoms. The molecule has 2 atom stereocenters. The maximum Gasteiger partial charge on any atom is 0.243 e. The van der Waals surface area contributed by atoms with Crippen LogP contribution in [0.3, 0.4) is 0 Å². The summed E-state index contributed by atoms with van der Waals surface area (Å²) >= 11 is 0. The van der Waals surface area contributed by atoms with Crippen LogP contribution in [0.5, 0.6) is 0 Å². The van der Waals surface area contributed by atoms with Crippen LogP contribution < -0.4 is 0 Å². The SMILES string of the molecule is N#CC1(C(=O)N2CC3CCCC3C2)CCCC1. The monoisotopic (exact) mass is 232 g/mol. The van der Waals surface area contributed by atoms with Crippen LogP contribution in [-0.4, -0.2) is 23.9 Å². The molecule has 0 aromatic heterocycles. The number of hydrogen-bond acceptors (Lipinski definition) is 2. The molecule has 2 unspecified atom stereocenters. The first-order valence-corrected chi connectivity index (χ1v) is 6.96. The number of carbonyl (C=O) groups excluding carboxylic acids is 1. The van der Waals surface area contributed by atoms with E-state index in [0.29, 0.717) is 0 Å². The molecule has 0 bridgehead atoms. The molecule has 3 aliphatic rings. The molecular weight excluding hydrogens is 212 g/mol. The Labute approximate surface area is 103 Å². The Morgan fingerprint density at radius 2 is 1.71 bits per heavy atom. The number of rotatable bonds is 1. The maximum absolute atomic E-state index is 12.5. The van der Waals surface area contributed by atoms with Gasteiger partial charge in [-0.25, -0.2) is 0 Å². The Hall–Kier alpha value is -1.04. The molecule has 1 aliphatic heterocycles. The fourth-order valence-electron chi connectivity index (χ4n) is 4.06. The van der Waals surface area contributed by atoms with Crippen LogP contribution in [0.25, 0.3) is 0 Å². The molecule has 2 aliphatic carbocycles. The first-order valence-electron chi connectivity index (χ1n) is 6.96. The normalized spacial score (nSPS) is 34.6. The number of hydrogen-bond donors (Lipinski definition) is 0. The molecule has 3 fully saturated rings. The lowest BCUT2D eigenvalue weighted by Gasteiger charge is -2.26. The van der Waals surface area contributed by atoms with Crippen LogP contribution in [0.4, 0.5) is 0 Å². The van der Waals surface area contributed by atoms with Crippen molar-refractivity contribution >= 4 is 5.91 Å². The van der Waals surface area contributed by atoms with Crippen LogP contribution in [0.1, 0.15) is 44.9 Å². The topological polar surface area (TPSA) is 44.1 Å². The van der Waals surface area contributed by atoms with Gasteiger partial charge in [0.15, 0.2) is 0 Å². The van der Waals surface area contributed by atoms with Gasteiger partial charge in [0.1, 0.15) is 5.41 Å². The highest BCUT2D eigenvalue weighted by Gasteiger charge is 2.47. The zero-order valence-electron chi connectivity index (χ0n) is 10.3. The zero-order valence-corrected chi connectivity index (χ0v) is 10.3. The van der Waals surface area contributed by atoms with E-state index in [4.69, 9.17) is 0 Å². The second-order valence-corrected chi connectivity index (χ2v) is 6.06. The molecule has 0 N–H and O–H groups in total. The summed E-state index contributed by atoms with van der Waals surface area (Å²) in [6.07, 6.45) is 7.56. The molecule has 0 radical (unpaired) electrons. The van der Waals surface area contributed by atoms with Crippen LogP contribution in [0, 0.1) is 28.6 Å². The summed E-state index contributed by atoms with van der Waals surface area (Å²) in [5, 5.41) is 9.35. The molecule has 92 valence electrons. The average Bonchev–Trinajstić information content (AvgIpc) is 3.03. The predicted molar refractivity (Wildman–Crippen MR) is 63.9 cm³/mol. The molecule has 0 spiro atoms. The number of nitriles is 1. The van der Waals surface area contributed by atoms with Crippen molar-refractivity contribution in [2.45, 2.75) is 44.9 Å². The number of nitrogens with zero attached hydrogens (tertiary/aromatic N) is 2. The van der Waals surface area contributed by atoms with Crippen LogP contribution in [-0.2, 0) is 4.79 Å². The van der Waals surface area contributed by atoms with Gasteiger partial charge in [-0.2, -0.15) is 5.26 Å². The number of fused-ring (bicyclic) bond motifs is 1. The third-order valence-electron chi connectivity index (χ3n) is 5.09. The van der Waals surface area contributed by atoms with Gasteiger partial charge in [-0.1, -0.05) is 19.3 Å². The maximum atomic E-state index is 12.5. The Bertz CT molecular complexity index is 353. The van der Waals surface area contributed by atoms with Gasteiger partial charge in [-0.05, 0) is 37.5 Å². The lowest BCUT2D eigenvalue weighted by Crippen LogP contribution is -2.41. The highest BCUT2D eigenvalue weighted by atomic mass is 16.2. The molecular formula is C14H20N2O. The Balaban J connectivity index is 1.73. The van der Waals surface area contributed by atoms with Crippen molar-refractivity contribution in [1.29, 1.82) is 5.26 Å². The van der Waals surface area contributed by atoms with Gasteiger partial charge in [-0.3, -0.25) is 4.79 Å². The van der Waals surface area contributed by atoms with Crippen molar-refractivity contribution in [1.82, 2.24) is 4.90 Å². The van der Waals surface area contributed by atoms with E-state index in [1.807, 2.05) is 4.90 Å². The predicted octanol–water partition coefficient (Wildman–Crippen LogP) is 2.33. The molecule has 1 amide bonds. The molecule has 2 saturated carbocycles. The van der Waals surface area contributed by atoms with Crippen LogP contribution >= 0.6 is 0 Å². The van der Waals surface area contributed by atoms with Crippen molar-refractivity contribution in [3.8, 4) is 6.07 Å². The van der Waals surface area contributed by atoms with E-state index in [9.17, 15) is 10.1 Å². The number of amides is 1. The minimum Gasteiger partial charge on any atom is -0.341 e. The number of likely N-dealkylation sites (tertiary alicyclic amines) is 1. The molecule has 1 heterocycles. The van der Waals surface area contributed by atoms with Crippen molar-refractivity contribution in [2.75, 3.05) is 13.1 Å². The van der Waals surface area contributed by atoms with Crippen LogP contribution in [0.2, 0.25) is 0 Å². The van der Waals surface area contributed by atoms with Gasteiger partial charge in [0, 0.05) is 13.1 Å². The van der Waals surface area contributed by atoms with E-state index in [1.54, 1.807) is 0 Å². The van der Waals surface area contributed by atoms with E-state index in [1.165, 1.54) is 19.3 Å². The van der Waals surface area contributed by atoms with E-state index >= 15 is 0 Å². The van der Waals surface area contributed by atoms with Gasteiger partial charge >= 0.3 is 0 Å². The minimum absolute atomic E-state index is 0.145. The molecule has 1 saturated heterocycles. The Morgan fingerprint density at radius 1 is 1.12 bits per heavy atom. The zero-order chi connectivity index (χ0) is 11.9. The summed E-state index contributed by atoms with van der Waals surface area (Å²) in [5.74, 6) is 1.61. The summed E-state index contributed by atoms with van der Waals surface area (Å²) in [6.45, 7) is 1.85. The summed E-state index contributed by atoms with van der Waals surface area (Å²) in [4.78, 5) is 14.5. The second kappa shape index (κ2) is 4.01. The van der Waals surface area contributed by atoms with Crippen molar-refractivity contribution in [3.05, 3.63) is 0 Å². The van der Waals surface area contributed by atoms with E-state index in [2.05, 4.69) is 6.07 Å². The molecule has 3 nitrogen and oxygen atoms in total. The lowest BCUT2D eigenvalue weighted by atomic mass is 9.86. The van der Waals surface area contributed by atoms with Gasteiger partial charge in [0.05, 0.1) is 6.07 Å². The van der Waals surface area contributed by atoms with Crippen molar-refractivity contribution < 1.29 is 4.79 Å². The Morgan fingerprint density at radius 3 is 2.24 bits per heavy atom. The highest BCUT2D eigenvalue weighted by Crippen LogP contribution is 2.43. The highest BCUT2D eigenvalue weighted by molar-refractivity contribution is 5.86. The first-order chi connectivity index (χ1) is 8.25. The summed E-state index contributed by atoms with van der Waals surface area (Å²) in [6, 6.07) is 2.33. The summed E-state index contributed by atoms with van der Waals surface area (Å²) in [5.41, 5.74) is -0.654. The van der Waals surface area contributed by atoms with Crippen molar-refractivity contribution in [3.63, 3.8) is 0 Å². The molecule has 0 aromatic carbocycles. The smallest absolute Gasteiger partial charge is 0.243 e. The van der Waals surface area contributed by atoms with Gasteiger partial charge in [0.2, 0.25) is 5.91 Å². The standard InChI is InChI=1S/C14H20N2O/c15-10-14(6-1-2-7-14)13(17)16-8-11-4-3-5-12(11)9-16/h11-12H,1-9H2. The third-order valence-corrected chi connectivity index (χ3v) is 5.09. The quantitative estimate of drug-likeness (QED) is 0.696. The number of carbonyl (C=O) groups is 1. The van der Waals surface area contributed by atoms with E-state index < -0.39 is 5.41 Å². The molecule has 17 heavy (non-hydrogen) atoms. The first kappa shape index (κ1) is 11.1. The van der Waals surface area contributed by atoms with Crippen LogP contribution in [0.15, 0.2) is 0 Å². The van der Waals surface area contributed by atoms with Gasteiger partial charge in [0.25, 0.3) is 0 Å². The summed E-state index contributed by atoms with van der Waals surface area (Å²) in [7, 11) is 0. The average molecular weight is 232 g/mol. The molecule has 3 rings (SSSR count). The largest absolute Gasteiger partial charge is 0.341 e. The van der Waals surface area contributed by atoms with E-state index in [0.717, 1.165) is 50.6 Å². The summed E-state index contributed by atoms with van der Waals surface area (Å²) < 4.78 is 0.